The van der Waals surface area contributed by atoms with E-state index in [1.807, 2.05) is 0 Å². The summed E-state index contributed by atoms with van der Waals surface area (Å²) in [6, 6.07) is 18.0. The lowest BCUT2D eigenvalue weighted by Crippen LogP contribution is -2.45. The summed E-state index contributed by atoms with van der Waals surface area (Å²) in [5.74, 6) is -0.515. The number of hydrogen-bond acceptors (Lipinski definition) is 6. The number of anilines is 1. The van der Waals surface area contributed by atoms with Crippen molar-refractivity contribution >= 4 is 23.7 Å². The molecule has 4 rings (SSSR count). The van der Waals surface area contributed by atoms with E-state index in [-0.39, 0.29) is 37.6 Å². The molecule has 47 heavy (non-hydrogen) atoms. The molecule has 1 aliphatic heterocycles. The first-order valence-corrected chi connectivity index (χ1v) is 15.4. The summed E-state index contributed by atoms with van der Waals surface area (Å²) in [6.45, 7) is 9.98. The number of rotatable bonds is 9. The first kappa shape index (κ1) is 35.3. The van der Waals surface area contributed by atoms with Crippen LogP contribution in [0.3, 0.4) is 0 Å². The fraction of sp³-hybridized carbons (Fsp3) is 0.417. The molecule has 0 N–H and O–H groups in total. The van der Waals surface area contributed by atoms with Gasteiger partial charge in [-0.2, -0.15) is 13.2 Å². The molecule has 0 saturated carbocycles. The minimum atomic E-state index is -4.57. The van der Waals surface area contributed by atoms with Gasteiger partial charge in [0.25, 0.3) is 0 Å². The van der Waals surface area contributed by atoms with E-state index in [1.54, 1.807) is 96.1 Å². The van der Waals surface area contributed by atoms with E-state index in [1.165, 1.54) is 15.9 Å². The highest BCUT2D eigenvalue weighted by Gasteiger charge is 2.34. The van der Waals surface area contributed by atoms with Crippen LogP contribution in [0, 0.1) is 0 Å². The Labute approximate surface area is 273 Å². The average molecular weight is 655 g/mol. The number of amides is 2. The van der Waals surface area contributed by atoms with Crippen LogP contribution in [-0.2, 0) is 38.3 Å². The van der Waals surface area contributed by atoms with Gasteiger partial charge in [0.15, 0.2) is 0 Å². The third-order valence-electron chi connectivity index (χ3n) is 7.15. The van der Waals surface area contributed by atoms with Gasteiger partial charge in [-0.15, -0.1) is 0 Å². The maximum Gasteiger partial charge on any atom is 0.416 e. The van der Waals surface area contributed by atoms with Crippen molar-refractivity contribution in [3.05, 3.63) is 83.4 Å². The molecule has 3 aromatic rings. The SMILES string of the molecule is CC(C)(C)OC(=O)CCN(CC(=O)N1CCc2cc(OCc3ccc(-c4ccccc4)cc3C(F)(F)F)ccc21)C(=O)OC(C)(C)C. The quantitative estimate of drug-likeness (QED) is 0.219. The third-order valence-corrected chi connectivity index (χ3v) is 7.15. The van der Waals surface area contributed by atoms with Crippen molar-refractivity contribution in [3.8, 4) is 16.9 Å². The van der Waals surface area contributed by atoms with Crippen LogP contribution in [-0.4, -0.2) is 53.7 Å². The van der Waals surface area contributed by atoms with Crippen LogP contribution >= 0.6 is 0 Å². The van der Waals surface area contributed by atoms with Gasteiger partial charge in [-0.1, -0.05) is 42.5 Å². The van der Waals surface area contributed by atoms with Crippen LogP contribution in [0.25, 0.3) is 11.1 Å². The van der Waals surface area contributed by atoms with Gasteiger partial charge in [0.05, 0.1) is 12.0 Å². The Hall–Kier alpha value is -4.54. The Morgan fingerprint density at radius 2 is 1.51 bits per heavy atom. The van der Waals surface area contributed by atoms with Gasteiger partial charge in [-0.3, -0.25) is 14.5 Å². The van der Waals surface area contributed by atoms with E-state index in [0.717, 1.165) is 11.6 Å². The molecular formula is C36H41F3N2O6. The second-order valence-electron chi connectivity index (χ2n) is 13.3. The van der Waals surface area contributed by atoms with Crippen LogP contribution in [0.5, 0.6) is 5.75 Å². The van der Waals surface area contributed by atoms with Crippen molar-refractivity contribution in [1.29, 1.82) is 0 Å². The van der Waals surface area contributed by atoms with E-state index >= 15 is 0 Å². The lowest BCUT2D eigenvalue weighted by atomic mass is 9.99. The van der Waals surface area contributed by atoms with Crippen molar-refractivity contribution in [3.63, 3.8) is 0 Å². The number of fused-ring (bicyclic) bond motifs is 1. The smallest absolute Gasteiger partial charge is 0.416 e. The number of esters is 1. The van der Waals surface area contributed by atoms with E-state index in [2.05, 4.69) is 0 Å². The highest BCUT2D eigenvalue weighted by molar-refractivity contribution is 5.98. The van der Waals surface area contributed by atoms with Gasteiger partial charge in [-0.25, -0.2) is 4.79 Å². The van der Waals surface area contributed by atoms with Crippen molar-refractivity contribution in [1.82, 2.24) is 4.90 Å². The molecule has 1 heterocycles. The molecule has 0 aliphatic carbocycles. The van der Waals surface area contributed by atoms with Crippen LogP contribution < -0.4 is 9.64 Å². The standard InChI is InChI=1S/C36H41F3N2O6/c1-34(2,3)46-32(43)17-18-40(33(44)47-35(4,5)6)22-31(42)41-19-16-26-20-28(14-15-30(26)41)45-23-27-13-12-25(21-29(27)36(37,38)39)24-10-8-7-9-11-24/h7-15,20-21H,16-19,22-23H2,1-6H3. The molecule has 3 aromatic carbocycles. The monoisotopic (exact) mass is 654 g/mol. The third kappa shape index (κ3) is 9.97. The molecule has 8 nitrogen and oxygen atoms in total. The Morgan fingerprint density at radius 1 is 0.830 bits per heavy atom. The molecular weight excluding hydrogens is 613 g/mol. The second-order valence-corrected chi connectivity index (χ2v) is 13.3. The predicted molar refractivity (Wildman–Crippen MR) is 172 cm³/mol. The van der Waals surface area contributed by atoms with Gasteiger partial charge in [0.1, 0.15) is 30.1 Å². The Balaban J connectivity index is 1.45. The molecule has 1 aliphatic rings. The zero-order valence-corrected chi connectivity index (χ0v) is 27.6. The second kappa shape index (κ2) is 14.1. The number of carbonyl (C=O) groups excluding carboxylic acids is 3. The Morgan fingerprint density at radius 3 is 2.15 bits per heavy atom. The summed E-state index contributed by atoms with van der Waals surface area (Å²) >= 11 is 0. The maximum atomic E-state index is 14.0. The van der Waals surface area contributed by atoms with Crippen molar-refractivity contribution in [2.24, 2.45) is 0 Å². The number of ether oxygens (including phenoxy) is 3. The van der Waals surface area contributed by atoms with E-state index in [4.69, 9.17) is 14.2 Å². The number of alkyl halides is 3. The van der Waals surface area contributed by atoms with Crippen molar-refractivity contribution in [2.45, 2.75) is 78.4 Å². The minimum Gasteiger partial charge on any atom is -0.489 e. The van der Waals surface area contributed by atoms with E-state index < -0.39 is 35.0 Å². The van der Waals surface area contributed by atoms with E-state index in [9.17, 15) is 27.6 Å². The molecule has 0 fully saturated rings. The van der Waals surface area contributed by atoms with Gasteiger partial charge < -0.3 is 19.1 Å². The normalized spacial score (nSPS) is 13.2. The summed E-state index contributed by atoms with van der Waals surface area (Å²) in [6.07, 6.45) is -4.93. The Bertz CT molecular complexity index is 1590. The van der Waals surface area contributed by atoms with Crippen molar-refractivity contribution in [2.75, 3.05) is 24.5 Å². The number of halogens is 3. The maximum absolute atomic E-state index is 14.0. The lowest BCUT2D eigenvalue weighted by molar-refractivity contribution is -0.155. The average Bonchev–Trinajstić information content (AvgIpc) is 3.40. The van der Waals surface area contributed by atoms with Gasteiger partial charge in [0, 0.05) is 24.3 Å². The molecule has 0 aromatic heterocycles. The number of benzene rings is 3. The fourth-order valence-electron chi connectivity index (χ4n) is 5.09. The van der Waals surface area contributed by atoms with Gasteiger partial charge in [0.2, 0.25) is 5.91 Å². The summed E-state index contributed by atoms with van der Waals surface area (Å²) in [4.78, 5) is 41.5. The zero-order chi connectivity index (χ0) is 34.6. The molecule has 11 heteroatoms. The molecule has 0 atom stereocenters. The van der Waals surface area contributed by atoms with Crippen LogP contribution in [0.15, 0.2) is 66.7 Å². The molecule has 252 valence electrons. The molecule has 2 amide bonds. The Kier molecular flexibility index (Phi) is 10.6. The highest BCUT2D eigenvalue weighted by atomic mass is 19.4. The van der Waals surface area contributed by atoms with Crippen LogP contribution in [0.4, 0.5) is 23.7 Å². The summed E-state index contributed by atoms with van der Waals surface area (Å²) in [5.41, 5.74) is 0.261. The molecule has 0 unspecified atom stereocenters. The largest absolute Gasteiger partial charge is 0.489 e. The summed E-state index contributed by atoms with van der Waals surface area (Å²) in [5, 5.41) is 0. The number of carbonyl (C=O) groups is 3. The lowest BCUT2D eigenvalue weighted by Gasteiger charge is -2.29. The van der Waals surface area contributed by atoms with E-state index in [0.29, 0.717) is 35.5 Å². The number of nitrogens with zero attached hydrogens (tertiary/aromatic N) is 2. The number of hydrogen-bond donors (Lipinski definition) is 0. The molecule has 0 saturated heterocycles. The highest BCUT2D eigenvalue weighted by Crippen LogP contribution is 2.36. The molecule has 0 radical (unpaired) electrons. The topological polar surface area (TPSA) is 85.4 Å². The zero-order valence-electron chi connectivity index (χ0n) is 27.6. The van der Waals surface area contributed by atoms with Crippen LogP contribution in [0.2, 0.25) is 0 Å². The van der Waals surface area contributed by atoms with Crippen LogP contribution in [0.1, 0.15) is 64.7 Å². The van der Waals surface area contributed by atoms with Gasteiger partial charge in [-0.05, 0) is 88.9 Å². The first-order chi connectivity index (χ1) is 21.9. The molecule has 0 bridgehead atoms. The fourth-order valence-corrected chi connectivity index (χ4v) is 5.09. The van der Waals surface area contributed by atoms with Crippen molar-refractivity contribution < 1.29 is 41.8 Å². The molecule has 0 spiro atoms. The van der Waals surface area contributed by atoms with Gasteiger partial charge >= 0.3 is 18.2 Å². The minimum absolute atomic E-state index is 0.00287. The first-order valence-electron chi connectivity index (χ1n) is 15.4. The summed E-state index contributed by atoms with van der Waals surface area (Å²) < 4.78 is 58.6. The summed E-state index contributed by atoms with van der Waals surface area (Å²) in [7, 11) is 0. The predicted octanol–water partition coefficient (Wildman–Crippen LogP) is 7.81.